The number of carbonyl (C=O) groups is 1. The van der Waals surface area contributed by atoms with E-state index >= 15 is 0 Å². The molecule has 0 aromatic heterocycles. The van der Waals surface area contributed by atoms with E-state index in [1.807, 2.05) is 6.92 Å². The third-order valence-electron chi connectivity index (χ3n) is 2.77. The fraction of sp³-hybridized carbons (Fsp3) is 0.133. The minimum atomic E-state index is -1.26. The Hall–Kier alpha value is -2.33. The van der Waals surface area contributed by atoms with E-state index in [1.54, 1.807) is 42.5 Å². The standard InChI is InChI=1S/C15H15NO3/c1-10-7-8-13(17)12(9-10)16-15(19)14(18)11-5-3-2-4-6-11/h2-9,14,17-18H,1H3,(H,16,19). The summed E-state index contributed by atoms with van der Waals surface area (Å²) in [5, 5.41) is 22.1. The third kappa shape index (κ3) is 3.11. The number of phenolic OH excluding ortho intramolecular Hbond substituents is 1. The highest BCUT2D eigenvalue weighted by Gasteiger charge is 2.18. The number of nitrogens with one attached hydrogen (secondary N) is 1. The van der Waals surface area contributed by atoms with Crippen LogP contribution in [0.4, 0.5) is 5.69 Å². The van der Waals surface area contributed by atoms with Crippen molar-refractivity contribution in [2.45, 2.75) is 13.0 Å². The monoisotopic (exact) mass is 257 g/mol. The maximum Gasteiger partial charge on any atom is 0.257 e. The van der Waals surface area contributed by atoms with Crippen LogP contribution in [0.15, 0.2) is 48.5 Å². The van der Waals surface area contributed by atoms with Crippen molar-refractivity contribution < 1.29 is 15.0 Å². The molecule has 19 heavy (non-hydrogen) atoms. The topological polar surface area (TPSA) is 69.6 Å². The molecule has 0 radical (unpaired) electrons. The number of anilines is 1. The molecular formula is C15H15NO3. The zero-order valence-corrected chi connectivity index (χ0v) is 10.5. The molecule has 0 bridgehead atoms. The Bertz CT molecular complexity index is 581. The highest BCUT2D eigenvalue weighted by atomic mass is 16.3. The molecule has 0 heterocycles. The second-order valence-electron chi connectivity index (χ2n) is 4.32. The molecule has 2 aromatic rings. The molecule has 0 spiro atoms. The van der Waals surface area contributed by atoms with E-state index in [4.69, 9.17) is 0 Å². The van der Waals surface area contributed by atoms with Gasteiger partial charge in [-0.2, -0.15) is 0 Å². The molecule has 4 heteroatoms. The van der Waals surface area contributed by atoms with Gasteiger partial charge < -0.3 is 15.5 Å². The van der Waals surface area contributed by atoms with E-state index in [2.05, 4.69) is 5.32 Å². The number of amides is 1. The number of phenols is 1. The van der Waals surface area contributed by atoms with Crippen molar-refractivity contribution in [1.82, 2.24) is 0 Å². The first kappa shape index (κ1) is 13.1. The summed E-state index contributed by atoms with van der Waals surface area (Å²) in [5.41, 5.74) is 1.70. The van der Waals surface area contributed by atoms with Gasteiger partial charge in [0.15, 0.2) is 6.10 Å². The molecule has 0 fully saturated rings. The Morgan fingerprint density at radius 2 is 1.84 bits per heavy atom. The molecular weight excluding hydrogens is 242 g/mol. The second-order valence-corrected chi connectivity index (χ2v) is 4.32. The molecule has 98 valence electrons. The number of hydrogen-bond donors (Lipinski definition) is 3. The first-order chi connectivity index (χ1) is 9.08. The van der Waals surface area contributed by atoms with E-state index in [9.17, 15) is 15.0 Å². The summed E-state index contributed by atoms with van der Waals surface area (Å²) < 4.78 is 0. The van der Waals surface area contributed by atoms with Crippen LogP contribution < -0.4 is 5.32 Å². The van der Waals surface area contributed by atoms with Gasteiger partial charge in [0.25, 0.3) is 5.91 Å². The van der Waals surface area contributed by atoms with Crippen molar-refractivity contribution in [3.05, 3.63) is 59.7 Å². The molecule has 1 amide bonds. The largest absolute Gasteiger partial charge is 0.506 e. The third-order valence-corrected chi connectivity index (χ3v) is 2.77. The average molecular weight is 257 g/mol. The van der Waals surface area contributed by atoms with Gasteiger partial charge in [0.2, 0.25) is 0 Å². The fourth-order valence-electron chi connectivity index (χ4n) is 1.74. The van der Waals surface area contributed by atoms with Crippen LogP contribution in [0.1, 0.15) is 17.2 Å². The van der Waals surface area contributed by atoms with E-state index in [0.717, 1.165) is 5.56 Å². The number of rotatable bonds is 3. The van der Waals surface area contributed by atoms with E-state index in [1.165, 1.54) is 6.07 Å². The highest BCUT2D eigenvalue weighted by Crippen LogP contribution is 2.25. The minimum Gasteiger partial charge on any atom is -0.506 e. The quantitative estimate of drug-likeness (QED) is 0.739. The lowest BCUT2D eigenvalue weighted by molar-refractivity contribution is -0.124. The zero-order chi connectivity index (χ0) is 13.8. The smallest absolute Gasteiger partial charge is 0.257 e. The van der Waals surface area contributed by atoms with Crippen molar-refractivity contribution in [3.8, 4) is 5.75 Å². The van der Waals surface area contributed by atoms with Gasteiger partial charge in [-0.05, 0) is 30.2 Å². The van der Waals surface area contributed by atoms with Crippen LogP contribution in [0.5, 0.6) is 5.75 Å². The average Bonchev–Trinajstić information content (AvgIpc) is 2.43. The minimum absolute atomic E-state index is 0.0285. The molecule has 0 aliphatic heterocycles. The lowest BCUT2D eigenvalue weighted by Gasteiger charge is -2.13. The molecule has 0 saturated carbocycles. The fourth-order valence-corrected chi connectivity index (χ4v) is 1.74. The van der Waals surface area contributed by atoms with E-state index < -0.39 is 12.0 Å². The van der Waals surface area contributed by atoms with Crippen molar-refractivity contribution in [1.29, 1.82) is 0 Å². The Labute approximate surface area is 111 Å². The van der Waals surface area contributed by atoms with Gasteiger partial charge in [-0.3, -0.25) is 4.79 Å². The van der Waals surface area contributed by atoms with Crippen LogP contribution in [-0.2, 0) is 4.79 Å². The number of aryl methyl sites for hydroxylation is 1. The number of benzene rings is 2. The number of hydrogen-bond acceptors (Lipinski definition) is 3. The molecule has 3 N–H and O–H groups in total. The van der Waals surface area contributed by atoms with Gasteiger partial charge in [0.1, 0.15) is 5.75 Å². The van der Waals surface area contributed by atoms with Crippen LogP contribution in [0, 0.1) is 6.92 Å². The summed E-state index contributed by atoms with van der Waals surface area (Å²) in [6.07, 6.45) is -1.26. The van der Waals surface area contributed by atoms with Crippen molar-refractivity contribution in [2.24, 2.45) is 0 Å². The molecule has 2 rings (SSSR count). The van der Waals surface area contributed by atoms with Gasteiger partial charge in [0.05, 0.1) is 5.69 Å². The van der Waals surface area contributed by atoms with Crippen molar-refractivity contribution in [3.63, 3.8) is 0 Å². The van der Waals surface area contributed by atoms with E-state index in [-0.39, 0.29) is 5.75 Å². The van der Waals surface area contributed by atoms with Crippen LogP contribution in [0.3, 0.4) is 0 Å². The molecule has 1 unspecified atom stereocenters. The predicted octanol–water partition coefficient (Wildman–Crippen LogP) is 2.37. The summed E-state index contributed by atoms with van der Waals surface area (Å²) in [7, 11) is 0. The molecule has 0 saturated heterocycles. The molecule has 4 nitrogen and oxygen atoms in total. The normalized spacial score (nSPS) is 11.9. The van der Waals surface area contributed by atoms with Gasteiger partial charge in [-0.15, -0.1) is 0 Å². The summed E-state index contributed by atoms with van der Waals surface area (Å²) in [5.74, 6) is -0.605. The van der Waals surface area contributed by atoms with Crippen molar-refractivity contribution >= 4 is 11.6 Å². The maximum absolute atomic E-state index is 11.9. The first-order valence-electron chi connectivity index (χ1n) is 5.91. The highest BCUT2D eigenvalue weighted by molar-refractivity contribution is 5.95. The van der Waals surface area contributed by atoms with Crippen LogP contribution >= 0.6 is 0 Å². The maximum atomic E-state index is 11.9. The Morgan fingerprint density at radius 1 is 1.16 bits per heavy atom. The lowest BCUT2D eigenvalue weighted by Crippen LogP contribution is -2.20. The number of aromatic hydroxyl groups is 1. The molecule has 2 aromatic carbocycles. The van der Waals surface area contributed by atoms with Crippen molar-refractivity contribution in [2.75, 3.05) is 5.32 Å². The lowest BCUT2D eigenvalue weighted by atomic mass is 10.1. The molecule has 0 aliphatic carbocycles. The second kappa shape index (κ2) is 5.54. The molecule has 1 atom stereocenters. The Kier molecular flexibility index (Phi) is 3.82. The van der Waals surface area contributed by atoms with Gasteiger partial charge in [-0.25, -0.2) is 0 Å². The summed E-state index contributed by atoms with van der Waals surface area (Å²) in [6, 6.07) is 13.5. The van der Waals surface area contributed by atoms with E-state index in [0.29, 0.717) is 11.3 Å². The number of aliphatic hydroxyl groups is 1. The van der Waals surface area contributed by atoms with Gasteiger partial charge in [0, 0.05) is 0 Å². The Balaban J connectivity index is 2.15. The number of aliphatic hydroxyl groups excluding tert-OH is 1. The van der Waals surface area contributed by atoms with Gasteiger partial charge in [-0.1, -0.05) is 36.4 Å². The zero-order valence-electron chi connectivity index (χ0n) is 10.5. The summed E-state index contributed by atoms with van der Waals surface area (Å²) >= 11 is 0. The van der Waals surface area contributed by atoms with Crippen LogP contribution in [0.25, 0.3) is 0 Å². The van der Waals surface area contributed by atoms with Gasteiger partial charge >= 0.3 is 0 Å². The Morgan fingerprint density at radius 3 is 2.53 bits per heavy atom. The van der Waals surface area contributed by atoms with Crippen LogP contribution in [0.2, 0.25) is 0 Å². The predicted molar refractivity (Wildman–Crippen MR) is 72.9 cm³/mol. The summed E-state index contributed by atoms with van der Waals surface area (Å²) in [6.45, 7) is 1.85. The summed E-state index contributed by atoms with van der Waals surface area (Å²) in [4.78, 5) is 11.9. The molecule has 0 aliphatic rings. The SMILES string of the molecule is Cc1ccc(O)c(NC(=O)C(O)c2ccccc2)c1. The number of carbonyl (C=O) groups excluding carboxylic acids is 1. The first-order valence-corrected chi connectivity index (χ1v) is 5.91. The van der Waals surface area contributed by atoms with Crippen LogP contribution in [-0.4, -0.2) is 16.1 Å².